The maximum Gasteiger partial charge on any atom is 0.304 e. The zero-order valence-electron chi connectivity index (χ0n) is 12.0. The van der Waals surface area contributed by atoms with Crippen LogP contribution < -0.4 is 11.1 Å². The molecule has 0 aliphatic heterocycles. The van der Waals surface area contributed by atoms with E-state index < -0.39 is 10.8 Å². The molecular formula is C15H21N3O3. The van der Waals surface area contributed by atoms with Crippen molar-refractivity contribution in [3.8, 4) is 0 Å². The summed E-state index contributed by atoms with van der Waals surface area (Å²) >= 11 is 0. The summed E-state index contributed by atoms with van der Waals surface area (Å²) in [6, 6.07) is 4.41. The Labute approximate surface area is 123 Å². The number of hydrogen-bond acceptors (Lipinski definition) is 4. The number of amides is 1. The van der Waals surface area contributed by atoms with E-state index in [4.69, 9.17) is 5.73 Å². The molecule has 1 aliphatic rings. The van der Waals surface area contributed by atoms with Gasteiger partial charge in [0, 0.05) is 6.54 Å². The van der Waals surface area contributed by atoms with Crippen LogP contribution in [0, 0.1) is 16.0 Å². The lowest BCUT2D eigenvalue weighted by Crippen LogP contribution is -2.25. The summed E-state index contributed by atoms with van der Waals surface area (Å²) in [6.07, 6.45) is 7.22. The SMILES string of the molecule is Nc1cccc(C(=O)NCCCC2CCCC2)c1[N+](=O)[O-]. The number of nitrogens with zero attached hydrogens (tertiary/aromatic N) is 1. The molecule has 6 nitrogen and oxygen atoms in total. The molecule has 0 radical (unpaired) electrons. The molecule has 0 unspecified atom stereocenters. The third-order valence-electron chi connectivity index (χ3n) is 4.04. The predicted octanol–water partition coefficient (Wildman–Crippen LogP) is 2.88. The topological polar surface area (TPSA) is 98.3 Å². The number of hydrogen-bond donors (Lipinski definition) is 2. The van der Waals surface area contributed by atoms with E-state index in [1.54, 1.807) is 6.07 Å². The molecule has 0 spiro atoms. The van der Waals surface area contributed by atoms with Crippen molar-refractivity contribution in [1.82, 2.24) is 5.32 Å². The Kier molecular flexibility index (Phi) is 5.14. The standard InChI is InChI=1S/C15H21N3O3/c16-13-9-3-8-12(14(13)18(20)21)15(19)17-10-4-7-11-5-1-2-6-11/h3,8-9,11H,1-2,4-7,10,16H2,(H,17,19). The second-order valence-corrected chi connectivity index (χ2v) is 5.55. The minimum atomic E-state index is -0.608. The van der Waals surface area contributed by atoms with Gasteiger partial charge in [0.25, 0.3) is 5.91 Å². The Morgan fingerprint density at radius 2 is 2.10 bits per heavy atom. The molecule has 21 heavy (non-hydrogen) atoms. The van der Waals surface area contributed by atoms with Crippen molar-refractivity contribution in [2.45, 2.75) is 38.5 Å². The Morgan fingerprint density at radius 1 is 1.38 bits per heavy atom. The largest absolute Gasteiger partial charge is 0.393 e. The van der Waals surface area contributed by atoms with Crippen molar-refractivity contribution in [1.29, 1.82) is 0 Å². The number of rotatable bonds is 6. The van der Waals surface area contributed by atoms with Gasteiger partial charge in [-0.25, -0.2) is 0 Å². The average molecular weight is 291 g/mol. The van der Waals surface area contributed by atoms with Crippen LogP contribution in [0.15, 0.2) is 18.2 Å². The number of para-hydroxylation sites is 1. The van der Waals surface area contributed by atoms with Gasteiger partial charge in [0.1, 0.15) is 11.3 Å². The zero-order valence-corrected chi connectivity index (χ0v) is 12.0. The minimum absolute atomic E-state index is 0.0126. The van der Waals surface area contributed by atoms with Crippen LogP contribution in [0.25, 0.3) is 0 Å². The van der Waals surface area contributed by atoms with Crippen molar-refractivity contribution in [2.75, 3.05) is 12.3 Å². The maximum absolute atomic E-state index is 12.0. The molecule has 1 aromatic carbocycles. The van der Waals surface area contributed by atoms with E-state index in [2.05, 4.69) is 5.32 Å². The number of anilines is 1. The van der Waals surface area contributed by atoms with E-state index in [-0.39, 0.29) is 16.9 Å². The normalized spacial score (nSPS) is 15.0. The molecular weight excluding hydrogens is 270 g/mol. The summed E-state index contributed by atoms with van der Waals surface area (Å²) in [5, 5.41) is 13.7. The van der Waals surface area contributed by atoms with Crippen molar-refractivity contribution >= 4 is 17.3 Å². The van der Waals surface area contributed by atoms with Crippen LogP contribution in [-0.2, 0) is 0 Å². The number of nitrogens with two attached hydrogens (primary N) is 1. The average Bonchev–Trinajstić information content (AvgIpc) is 2.95. The lowest BCUT2D eigenvalue weighted by atomic mass is 10.0. The summed E-state index contributed by atoms with van der Waals surface area (Å²) in [6.45, 7) is 0.543. The van der Waals surface area contributed by atoms with Gasteiger partial charge in [-0.1, -0.05) is 31.7 Å². The molecule has 1 aliphatic carbocycles. The van der Waals surface area contributed by atoms with Gasteiger partial charge in [0.2, 0.25) is 0 Å². The first-order valence-corrected chi connectivity index (χ1v) is 7.40. The number of nitrogens with one attached hydrogen (secondary N) is 1. The quantitative estimate of drug-likeness (QED) is 0.364. The monoisotopic (exact) mass is 291 g/mol. The molecule has 114 valence electrons. The zero-order chi connectivity index (χ0) is 15.2. The fourth-order valence-corrected chi connectivity index (χ4v) is 2.94. The van der Waals surface area contributed by atoms with Gasteiger partial charge < -0.3 is 11.1 Å². The highest BCUT2D eigenvalue weighted by Crippen LogP contribution is 2.28. The number of benzene rings is 1. The number of nitro benzene ring substituents is 1. The highest BCUT2D eigenvalue weighted by Gasteiger charge is 2.22. The highest BCUT2D eigenvalue weighted by atomic mass is 16.6. The smallest absolute Gasteiger partial charge is 0.304 e. The molecule has 2 rings (SSSR count). The molecule has 0 atom stereocenters. The molecule has 1 fully saturated rings. The van der Waals surface area contributed by atoms with Gasteiger partial charge >= 0.3 is 5.69 Å². The molecule has 0 bridgehead atoms. The Hall–Kier alpha value is -2.11. The van der Waals surface area contributed by atoms with E-state index in [1.165, 1.54) is 37.8 Å². The Bertz CT molecular complexity index is 525. The van der Waals surface area contributed by atoms with Crippen LogP contribution in [0.5, 0.6) is 0 Å². The summed E-state index contributed by atoms with van der Waals surface area (Å²) < 4.78 is 0. The number of nitro groups is 1. The molecule has 1 aromatic rings. The van der Waals surface area contributed by atoms with Crippen molar-refractivity contribution < 1.29 is 9.72 Å². The fourth-order valence-electron chi connectivity index (χ4n) is 2.94. The lowest BCUT2D eigenvalue weighted by molar-refractivity contribution is -0.384. The summed E-state index contributed by atoms with van der Waals surface area (Å²) in [5.41, 5.74) is 5.30. The van der Waals surface area contributed by atoms with Crippen LogP contribution >= 0.6 is 0 Å². The van der Waals surface area contributed by atoms with Gasteiger partial charge in [0.05, 0.1) is 4.92 Å². The third-order valence-corrected chi connectivity index (χ3v) is 4.04. The molecule has 1 amide bonds. The van der Waals surface area contributed by atoms with Crippen LogP contribution in [0.1, 0.15) is 48.9 Å². The lowest BCUT2D eigenvalue weighted by Gasteiger charge is -2.10. The van der Waals surface area contributed by atoms with E-state index in [0.29, 0.717) is 6.54 Å². The Balaban J connectivity index is 1.88. The Morgan fingerprint density at radius 3 is 2.76 bits per heavy atom. The van der Waals surface area contributed by atoms with Gasteiger partial charge in [-0.3, -0.25) is 14.9 Å². The van der Waals surface area contributed by atoms with E-state index in [1.807, 2.05) is 0 Å². The number of nitrogen functional groups attached to an aromatic ring is 1. The minimum Gasteiger partial charge on any atom is -0.393 e. The number of carbonyl (C=O) groups is 1. The molecule has 0 heterocycles. The van der Waals surface area contributed by atoms with Crippen molar-refractivity contribution in [3.05, 3.63) is 33.9 Å². The highest BCUT2D eigenvalue weighted by molar-refractivity contribution is 6.00. The molecule has 3 N–H and O–H groups in total. The molecule has 0 aromatic heterocycles. The van der Waals surface area contributed by atoms with Crippen molar-refractivity contribution in [2.24, 2.45) is 5.92 Å². The van der Waals surface area contributed by atoms with Crippen LogP contribution in [0.3, 0.4) is 0 Å². The predicted molar refractivity (Wildman–Crippen MR) is 81.0 cm³/mol. The van der Waals surface area contributed by atoms with Crippen molar-refractivity contribution in [3.63, 3.8) is 0 Å². The summed E-state index contributed by atoms with van der Waals surface area (Å²) in [4.78, 5) is 22.4. The van der Waals surface area contributed by atoms with E-state index >= 15 is 0 Å². The second kappa shape index (κ2) is 7.06. The van der Waals surface area contributed by atoms with Gasteiger partial charge in [-0.05, 0) is 30.9 Å². The maximum atomic E-state index is 12.0. The van der Waals surface area contributed by atoms with Gasteiger partial charge in [0.15, 0.2) is 0 Å². The van der Waals surface area contributed by atoms with Crippen LogP contribution in [0.2, 0.25) is 0 Å². The first-order chi connectivity index (χ1) is 10.1. The van der Waals surface area contributed by atoms with E-state index in [0.717, 1.165) is 18.8 Å². The summed E-state index contributed by atoms with van der Waals surface area (Å²) in [7, 11) is 0. The van der Waals surface area contributed by atoms with Crippen LogP contribution in [0.4, 0.5) is 11.4 Å². The molecule has 0 saturated heterocycles. The third kappa shape index (κ3) is 3.93. The van der Waals surface area contributed by atoms with E-state index in [9.17, 15) is 14.9 Å². The van der Waals surface area contributed by atoms with Crippen LogP contribution in [-0.4, -0.2) is 17.4 Å². The number of carbonyl (C=O) groups excluding carboxylic acids is 1. The molecule has 6 heteroatoms. The van der Waals surface area contributed by atoms with Gasteiger partial charge in [-0.15, -0.1) is 0 Å². The molecule has 1 saturated carbocycles. The first-order valence-electron chi connectivity index (χ1n) is 7.40. The summed E-state index contributed by atoms with van der Waals surface area (Å²) in [5.74, 6) is 0.351. The van der Waals surface area contributed by atoms with Gasteiger partial charge in [-0.2, -0.15) is 0 Å². The fraction of sp³-hybridized carbons (Fsp3) is 0.533. The second-order valence-electron chi connectivity index (χ2n) is 5.55. The first kappa shape index (κ1) is 15.3.